The smallest absolute Gasteiger partial charge is 0.204 e. The Morgan fingerprint density at radius 2 is 1.89 bits per heavy atom. The third-order valence-corrected chi connectivity index (χ3v) is 5.92. The quantitative estimate of drug-likeness (QED) is 0.834. The zero-order valence-corrected chi connectivity index (χ0v) is 12.0. The van der Waals surface area contributed by atoms with Gasteiger partial charge in [0, 0.05) is 6.54 Å². The summed E-state index contributed by atoms with van der Waals surface area (Å²) in [5.74, 6) is 0. The Bertz CT molecular complexity index is 626. The Morgan fingerprint density at radius 1 is 1.16 bits per heavy atom. The van der Waals surface area contributed by atoms with Crippen LogP contribution in [-0.4, -0.2) is 33.0 Å². The van der Waals surface area contributed by atoms with Crippen LogP contribution in [0.1, 0.15) is 30.4 Å². The van der Waals surface area contributed by atoms with E-state index in [1.165, 1.54) is 19.3 Å². The number of hydrogen-bond donors (Lipinski definition) is 0. The fourth-order valence-electron chi connectivity index (χ4n) is 2.92. The van der Waals surface area contributed by atoms with E-state index in [4.69, 9.17) is 0 Å². The molecule has 0 saturated carbocycles. The predicted molar refractivity (Wildman–Crippen MR) is 76.6 cm³/mol. The molecule has 2 aliphatic rings. The van der Waals surface area contributed by atoms with Crippen molar-refractivity contribution in [1.29, 1.82) is 0 Å². The van der Waals surface area contributed by atoms with Crippen molar-refractivity contribution in [2.45, 2.75) is 31.1 Å². The van der Waals surface area contributed by atoms with Crippen LogP contribution >= 0.6 is 0 Å². The van der Waals surface area contributed by atoms with Crippen molar-refractivity contribution in [3.8, 4) is 0 Å². The third-order valence-electron chi connectivity index (χ3n) is 4.05. The number of nitrogens with zero attached hydrogens (tertiary/aromatic N) is 1. The van der Waals surface area contributed by atoms with Gasteiger partial charge in [0.25, 0.3) is 0 Å². The molecule has 0 aromatic heterocycles. The highest BCUT2D eigenvalue weighted by Crippen LogP contribution is 2.35. The highest BCUT2D eigenvalue weighted by molar-refractivity contribution is 7.95. The van der Waals surface area contributed by atoms with Gasteiger partial charge in [0.15, 0.2) is 0 Å². The lowest BCUT2D eigenvalue weighted by molar-refractivity contribution is 0.250. The molecular formula is C15H19NO2S. The standard InChI is InChI=1S/C15H19NO2S/c1-12-6-5-7-15-14(12)10-13(19(15,17)18)11-16-8-3-2-4-9-16/h5-7,10H,2-4,8-9,11H2,1H3. The molecule has 19 heavy (non-hydrogen) atoms. The molecule has 0 N–H and O–H groups in total. The summed E-state index contributed by atoms with van der Waals surface area (Å²) in [5, 5.41) is 0. The van der Waals surface area contributed by atoms with E-state index in [9.17, 15) is 8.42 Å². The summed E-state index contributed by atoms with van der Waals surface area (Å²) in [4.78, 5) is 3.31. The minimum absolute atomic E-state index is 0.486. The van der Waals surface area contributed by atoms with Crippen LogP contribution in [-0.2, 0) is 9.84 Å². The Kier molecular flexibility index (Phi) is 3.23. The van der Waals surface area contributed by atoms with Gasteiger partial charge in [0.2, 0.25) is 9.84 Å². The molecule has 1 aromatic carbocycles. The SMILES string of the molecule is Cc1cccc2c1C=C(CN1CCCCC1)S2(=O)=O. The lowest BCUT2D eigenvalue weighted by Gasteiger charge is -2.26. The molecule has 0 atom stereocenters. The molecule has 3 rings (SSSR count). The molecule has 4 heteroatoms. The summed E-state index contributed by atoms with van der Waals surface area (Å²) >= 11 is 0. The van der Waals surface area contributed by atoms with Crippen molar-refractivity contribution in [3.05, 3.63) is 34.2 Å². The second kappa shape index (κ2) is 4.76. The highest BCUT2D eigenvalue weighted by Gasteiger charge is 2.31. The summed E-state index contributed by atoms with van der Waals surface area (Å²) < 4.78 is 25.0. The van der Waals surface area contributed by atoms with Gasteiger partial charge < -0.3 is 0 Å². The second-order valence-electron chi connectivity index (χ2n) is 5.44. The zero-order chi connectivity index (χ0) is 13.5. The summed E-state index contributed by atoms with van der Waals surface area (Å²) in [6, 6.07) is 5.51. The lowest BCUT2D eigenvalue weighted by atomic mass is 10.1. The van der Waals surface area contributed by atoms with E-state index < -0.39 is 9.84 Å². The van der Waals surface area contributed by atoms with Gasteiger partial charge in [-0.3, -0.25) is 4.90 Å². The molecule has 2 heterocycles. The normalized spacial score (nSPS) is 22.1. The van der Waals surface area contributed by atoms with E-state index in [1.54, 1.807) is 6.07 Å². The number of aryl methyl sites for hydroxylation is 1. The monoisotopic (exact) mass is 277 g/mol. The minimum atomic E-state index is -3.25. The maximum atomic E-state index is 12.5. The van der Waals surface area contributed by atoms with Gasteiger partial charge in [-0.25, -0.2) is 8.42 Å². The molecule has 0 amide bonds. The van der Waals surface area contributed by atoms with Crippen molar-refractivity contribution in [2.24, 2.45) is 0 Å². The van der Waals surface area contributed by atoms with Gasteiger partial charge >= 0.3 is 0 Å². The van der Waals surface area contributed by atoms with E-state index in [-0.39, 0.29) is 0 Å². The third kappa shape index (κ3) is 2.23. The second-order valence-corrected chi connectivity index (χ2v) is 7.41. The predicted octanol–water partition coefficient (Wildman–Crippen LogP) is 2.61. The summed E-state index contributed by atoms with van der Waals surface area (Å²) in [6.07, 6.45) is 5.49. The Labute approximate surface area is 114 Å². The maximum Gasteiger partial charge on any atom is 0.204 e. The number of hydrogen-bond acceptors (Lipinski definition) is 3. The molecule has 0 spiro atoms. The first-order valence-electron chi connectivity index (χ1n) is 6.87. The number of piperidine rings is 1. The van der Waals surface area contributed by atoms with Gasteiger partial charge in [0.05, 0.1) is 9.80 Å². The molecule has 2 aliphatic heterocycles. The summed E-state index contributed by atoms with van der Waals surface area (Å²) in [7, 11) is -3.25. The molecule has 1 aromatic rings. The first-order chi connectivity index (χ1) is 9.09. The molecule has 1 saturated heterocycles. The van der Waals surface area contributed by atoms with Crippen LogP contribution in [0.2, 0.25) is 0 Å². The van der Waals surface area contributed by atoms with Crippen molar-refractivity contribution < 1.29 is 8.42 Å². The zero-order valence-electron chi connectivity index (χ0n) is 11.2. The summed E-state index contributed by atoms with van der Waals surface area (Å²) in [5.41, 5.74) is 1.92. The molecule has 1 fully saturated rings. The average Bonchev–Trinajstić information content (AvgIpc) is 2.65. The Morgan fingerprint density at radius 3 is 2.58 bits per heavy atom. The number of likely N-dealkylation sites (tertiary alicyclic amines) is 1. The largest absolute Gasteiger partial charge is 0.298 e. The van der Waals surface area contributed by atoms with E-state index >= 15 is 0 Å². The van der Waals surface area contributed by atoms with Crippen LogP contribution in [0.15, 0.2) is 28.0 Å². The molecule has 0 radical (unpaired) electrons. The number of fused-ring (bicyclic) bond motifs is 1. The van der Waals surface area contributed by atoms with E-state index in [0.29, 0.717) is 16.3 Å². The van der Waals surface area contributed by atoms with Crippen LogP contribution < -0.4 is 0 Å². The average molecular weight is 277 g/mol. The van der Waals surface area contributed by atoms with Gasteiger partial charge in [-0.05, 0) is 56.1 Å². The molecule has 0 aliphatic carbocycles. The van der Waals surface area contributed by atoms with E-state index in [2.05, 4.69) is 4.90 Å². The van der Waals surface area contributed by atoms with E-state index in [0.717, 1.165) is 24.2 Å². The van der Waals surface area contributed by atoms with E-state index in [1.807, 2.05) is 25.1 Å². The Balaban J connectivity index is 1.92. The first-order valence-corrected chi connectivity index (χ1v) is 8.35. The molecule has 102 valence electrons. The van der Waals surface area contributed by atoms with Crippen molar-refractivity contribution in [2.75, 3.05) is 19.6 Å². The van der Waals surface area contributed by atoms with Crippen LogP contribution in [0.4, 0.5) is 0 Å². The van der Waals surface area contributed by atoms with Crippen molar-refractivity contribution >= 4 is 15.9 Å². The van der Waals surface area contributed by atoms with Crippen molar-refractivity contribution in [3.63, 3.8) is 0 Å². The lowest BCUT2D eigenvalue weighted by Crippen LogP contribution is -2.32. The topological polar surface area (TPSA) is 37.4 Å². The Hall–Kier alpha value is -1.13. The highest BCUT2D eigenvalue weighted by atomic mass is 32.2. The summed E-state index contributed by atoms with van der Waals surface area (Å²) in [6.45, 7) is 4.56. The van der Waals surface area contributed by atoms with Gasteiger partial charge in [-0.15, -0.1) is 0 Å². The van der Waals surface area contributed by atoms with Crippen LogP contribution in [0, 0.1) is 6.92 Å². The van der Waals surface area contributed by atoms with Gasteiger partial charge in [0.1, 0.15) is 0 Å². The number of sulfone groups is 1. The first kappa shape index (κ1) is 12.9. The maximum absolute atomic E-state index is 12.5. The van der Waals surface area contributed by atoms with Crippen LogP contribution in [0.25, 0.3) is 6.08 Å². The fourth-order valence-corrected chi connectivity index (χ4v) is 4.60. The molecular weight excluding hydrogens is 258 g/mol. The minimum Gasteiger partial charge on any atom is -0.298 e. The van der Waals surface area contributed by atoms with Gasteiger partial charge in [-0.2, -0.15) is 0 Å². The fraction of sp³-hybridized carbons (Fsp3) is 0.467. The molecule has 3 nitrogen and oxygen atoms in total. The van der Waals surface area contributed by atoms with Crippen molar-refractivity contribution in [1.82, 2.24) is 4.90 Å². The van der Waals surface area contributed by atoms with Crippen LogP contribution in [0.5, 0.6) is 0 Å². The van der Waals surface area contributed by atoms with Gasteiger partial charge in [-0.1, -0.05) is 18.6 Å². The molecule has 0 unspecified atom stereocenters. The number of benzene rings is 1. The number of rotatable bonds is 2. The van der Waals surface area contributed by atoms with Crippen LogP contribution in [0.3, 0.4) is 0 Å². The molecule has 0 bridgehead atoms.